The van der Waals surface area contributed by atoms with Gasteiger partial charge in [0.25, 0.3) is 0 Å². The van der Waals surface area contributed by atoms with E-state index in [1.54, 1.807) is 0 Å². The minimum atomic E-state index is 0.448. The Morgan fingerprint density at radius 2 is 1.90 bits per heavy atom. The van der Waals surface area contributed by atoms with Crippen LogP contribution in [0.2, 0.25) is 0 Å². The summed E-state index contributed by atoms with van der Waals surface area (Å²) in [5.74, 6) is 0. The molecular formula is C16H18N4S. The molecule has 0 aromatic heterocycles. The van der Waals surface area contributed by atoms with Gasteiger partial charge in [0.05, 0.1) is 5.71 Å². The summed E-state index contributed by atoms with van der Waals surface area (Å²) >= 11 is 5.22. The Bertz CT molecular complexity index is 679. The number of nitrogens with two attached hydrogens (primary N) is 1. The van der Waals surface area contributed by atoms with Gasteiger partial charge in [-0.15, -0.1) is 0 Å². The van der Waals surface area contributed by atoms with Crippen molar-refractivity contribution in [2.75, 3.05) is 11.1 Å². The van der Waals surface area contributed by atoms with Gasteiger partial charge in [-0.25, -0.2) is 0 Å². The van der Waals surface area contributed by atoms with Gasteiger partial charge in [0.1, 0.15) is 0 Å². The molecule has 0 heterocycles. The highest BCUT2D eigenvalue weighted by atomic mass is 32.1. The highest BCUT2D eigenvalue weighted by Gasteiger charge is 2.00. The molecule has 0 saturated carbocycles. The summed E-state index contributed by atoms with van der Waals surface area (Å²) in [5.41, 5.74) is 13.2. The highest BCUT2D eigenvalue weighted by molar-refractivity contribution is 7.80. The second-order valence-corrected chi connectivity index (χ2v) is 5.17. The first-order valence-corrected chi connectivity index (χ1v) is 6.99. The zero-order valence-corrected chi connectivity index (χ0v) is 12.9. The lowest BCUT2D eigenvalue weighted by molar-refractivity contribution is 1.04. The number of anilines is 2. The number of rotatable bonds is 3. The SMILES string of the molecule is CC(=NNC(=S)Nc1cccc(C)c1)c1cccc(N)c1. The molecule has 0 spiro atoms. The fourth-order valence-corrected chi connectivity index (χ4v) is 2.01. The first kappa shape index (κ1) is 15.0. The summed E-state index contributed by atoms with van der Waals surface area (Å²) in [6.45, 7) is 3.93. The van der Waals surface area contributed by atoms with Crippen molar-refractivity contribution in [1.82, 2.24) is 5.43 Å². The Balaban J connectivity index is 1.98. The number of aryl methyl sites for hydroxylation is 1. The van der Waals surface area contributed by atoms with Crippen LogP contribution in [0.5, 0.6) is 0 Å². The number of hydrogen-bond acceptors (Lipinski definition) is 3. The van der Waals surface area contributed by atoms with Crippen LogP contribution in [0.3, 0.4) is 0 Å². The average Bonchev–Trinajstić information content (AvgIpc) is 2.45. The lowest BCUT2D eigenvalue weighted by Gasteiger charge is -2.09. The van der Waals surface area contributed by atoms with Crippen molar-refractivity contribution in [1.29, 1.82) is 0 Å². The maximum Gasteiger partial charge on any atom is 0.191 e. The summed E-state index contributed by atoms with van der Waals surface area (Å²) in [7, 11) is 0. The molecule has 0 radical (unpaired) electrons. The van der Waals surface area contributed by atoms with E-state index in [-0.39, 0.29) is 0 Å². The number of nitrogens with one attached hydrogen (secondary N) is 2. The van der Waals surface area contributed by atoms with Gasteiger partial charge in [-0.05, 0) is 61.5 Å². The maximum atomic E-state index is 5.76. The molecule has 0 amide bonds. The first-order valence-electron chi connectivity index (χ1n) is 6.58. The third-order valence-electron chi connectivity index (χ3n) is 2.91. The Kier molecular flexibility index (Phi) is 4.90. The highest BCUT2D eigenvalue weighted by Crippen LogP contribution is 2.09. The molecule has 2 aromatic carbocycles. The van der Waals surface area contributed by atoms with E-state index in [1.807, 2.05) is 62.4 Å². The average molecular weight is 298 g/mol. The van der Waals surface area contributed by atoms with Gasteiger partial charge in [-0.1, -0.05) is 24.3 Å². The van der Waals surface area contributed by atoms with Gasteiger partial charge >= 0.3 is 0 Å². The molecule has 108 valence electrons. The molecule has 0 aliphatic carbocycles. The van der Waals surface area contributed by atoms with E-state index in [0.717, 1.165) is 17.0 Å². The van der Waals surface area contributed by atoms with Crippen LogP contribution in [0.1, 0.15) is 18.1 Å². The maximum absolute atomic E-state index is 5.76. The van der Waals surface area contributed by atoms with Gasteiger partial charge in [0, 0.05) is 11.4 Å². The summed E-state index contributed by atoms with van der Waals surface area (Å²) in [5, 5.41) is 7.80. The lowest BCUT2D eigenvalue weighted by atomic mass is 10.1. The number of thiocarbonyl (C=S) groups is 1. The van der Waals surface area contributed by atoms with Crippen LogP contribution in [0.4, 0.5) is 11.4 Å². The molecule has 4 nitrogen and oxygen atoms in total. The van der Waals surface area contributed by atoms with Crippen molar-refractivity contribution >= 4 is 34.4 Å². The molecule has 4 N–H and O–H groups in total. The van der Waals surface area contributed by atoms with Crippen molar-refractivity contribution in [3.05, 3.63) is 59.7 Å². The van der Waals surface area contributed by atoms with Crippen LogP contribution in [0, 0.1) is 6.92 Å². The van der Waals surface area contributed by atoms with Crippen molar-refractivity contribution in [3.8, 4) is 0 Å². The molecular weight excluding hydrogens is 280 g/mol. The van der Waals surface area contributed by atoms with Gasteiger partial charge in [0.2, 0.25) is 0 Å². The van der Waals surface area contributed by atoms with Crippen LogP contribution in [-0.2, 0) is 0 Å². The Morgan fingerprint density at radius 1 is 1.14 bits per heavy atom. The van der Waals surface area contributed by atoms with E-state index in [4.69, 9.17) is 18.0 Å². The van der Waals surface area contributed by atoms with E-state index < -0.39 is 0 Å². The molecule has 0 atom stereocenters. The number of benzene rings is 2. The van der Waals surface area contributed by atoms with E-state index in [2.05, 4.69) is 15.8 Å². The van der Waals surface area contributed by atoms with E-state index in [1.165, 1.54) is 5.56 Å². The van der Waals surface area contributed by atoms with Crippen LogP contribution in [-0.4, -0.2) is 10.8 Å². The van der Waals surface area contributed by atoms with E-state index in [9.17, 15) is 0 Å². The molecule has 0 unspecified atom stereocenters. The molecule has 5 heteroatoms. The second kappa shape index (κ2) is 6.85. The smallest absolute Gasteiger partial charge is 0.191 e. The Hall–Kier alpha value is -2.40. The van der Waals surface area contributed by atoms with Crippen molar-refractivity contribution in [2.24, 2.45) is 5.10 Å². The summed E-state index contributed by atoms with van der Waals surface area (Å²) in [4.78, 5) is 0. The molecule has 2 aromatic rings. The molecule has 0 aliphatic rings. The van der Waals surface area contributed by atoms with Crippen molar-refractivity contribution in [2.45, 2.75) is 13.8 Å². The third-order valence-corrected chi connectivity index (χ3v) is 3.10. The Morgan fingerprint density at radius 3 is 2.62 bits per heavy atom. The zero-order chi connectivity index (χ0) is 15.2. The van der Waals surface area contributed by atoms with Gasteiger partial charge in [0.15, 0.2) is 5.11 Å². The summed E-state index contributed by atoms with van der Waals surface area (Å²) in [6.07, 6.45) is 0. The molecule has 2 rings (SSSR count). The van der Waals surface area contributed by atoms with E-state index in [0.29, 0.717) is 10.8 Å². The topological polar surface area (TPSA) is 62.4 Å². The minimum Gasteiger partial charge on any atom is -0.399 e. The number of hydrogen-bond donors (Lipinski definition) is 3. The summed E-state index contributed by atoms with van der Waals surface area (Å²) < 4.78 is 0. The number of nitrogen functional groups attached to an aromatic ring is 1. The zero-order valence-electron chi connectivity index (χ0n) is 12.1. The lowest BCUT2D eigenvalue weighted by Crippen LogP contribution is -2.25. The fraction of sp³-hybridized carbons (Fsp3) is 0.125. The van der Waals surface area contributed by atoms with Crippen molar-refractivity contribution in [3.63, 3.8) is 0 Å². The third kappa shape index (κ3) is 4.57. The molecule has 0 saturated heterocycles. The normalized spacial score (nSPS) is 11.0. The van der Waals surface area contributed by atoms with E-state index >= 15 is 0 Å². The molecule has 0 bridgehead atoms. The number of nitrogens with zero attached hydrogens (tertiary/aromatic N) is 1. The second-order valence-electron chi connectivity index (χ2n) is 4.76. The predicted molar refractivity (Wildman–Crippen MR) is 93.6 cm³/mol. The first-order chi connectivity index (χ1) is 10.0. The van der Waals surface area contributed by atoms with Crippen LogP contribution in [0.15, 0.2) is 53.6 Å². The standard InChI is InChI=1S/C16H18N4S/c1-11-5-3-8-15(9-11)18-16(21)20-19-12(2)13-6-4-7-14(17)10-13/h3-10H,17H2,1-2H3,(H2,18,20,21). The van der Waals surface area contributed by atoms with Crippen LogP contribution < -0.4 is 16.5 Å². The van der Waals surface area contributed by atoms with Crippen molar-refractivity contribution < 1.29 is 0 Å². The van der Waals surface area contributed by atoms with Crippen LogP contribution >= 0.6 is 12.2 Å². The Labute approximate surface area is 130 Å². The monoisotopic (exact) mass is 298 g/mol. The van der Waals surface area contributed by atoms with Gasteiger partial charge in [-0.3, -0.25) is 5.43 Å². The molecule has 0 aliphatic heterocycles. The molecule has 21 heavy (non-hydrogen) atoms. The summed E-state index contributed by atoms with van der Waals surface area (Å²) in [6, 6.07) is 15.5. The van der Waals surface area contributed by atoms with Gasteiger partial charge < -0.3 is 11.1 Å². The molecule has 0 fully saturated rings. The van der Waals surface area contributed by atoms with Crippen LogP contribution in [0.25, 0.3) is 0 Å². The minimum absolute atomic E-state index is 0.448. The predicted octanol–water partition coefficient (Wildman–Crippen LogP) is 3.29. The number of hydrazone groups is 1. The quantitative estimate of drug-likeness (QED) is 0.352. The van der Waals surface area contributed by atoms with Gasteiger partial charge in [-0.2, -0.15) is 5.10 Å². The largest absolute Gasteiger partial charge is 0.399 e. The fourth-order valence-electron chi connectivity index (χ4n) is 1.84.